The van der Waals surface area contributed by atoms with Crippen LogP contribution in [0.3, 0.4) is 0 Å². The summed E-state index contributed by atoms with van der Waals surface area (Å²) in [5, 5.41) is 0.399. The SMILES string of the molecule is Cc1cc(CC(N)=O)nc2c(F)cc(F)cc12. The lowest BCUT2D eigenvalue weighted by Gasteiger charge is -2.06. The van der Waals surface area contributed by atoms with Gasteiger partial charge in [0.15, 0.2) is 5.82 Å². The molecule has 0 saturated heterocycles. The van der Waals surface area contributed by atoms with Gasteiger partial charge < -0.3 is 5.73 Å². The molecule has 2 rings (SSSR count). The van der Waals surface area contributed by atoms with Crippen LogP contribution in [-0.2, 0) is 11.2 Å². The van der Waals surface area contributed by atoms with Crippen LogP contribution in [0.1, 0.15) is 11.3 Å². The maximum absolute atomic E-state index is 13.5. The highest BCUT2D eigenvalue weighted by Gasteiger charge is 2.10. The van der Waals surface area contributed by atoms with E-state index >= 15 is 0 Å². The average Bonchev–Trinajstić information content (AvgIpc) is 2.19. The molecule has 1 aromatic heterocycles. The van der Waals surface area contributed by atoms with Crippen LogP contribution in [-0.4, -0.2) is 10.9 Å². The van der Waals surface area contributed by atoms with E-state index in [1.165, 1.54) is 6.07 Å². The van der Waals surface area contributed by atoms with Crippen molar-refractivity contribution >= 4 is 16.8 Å². The number of primary amides is 1. The highest BCUT2D eigenvalue weighted by atomic mass is 19.1. The molecule has 2 aromatic rings. The Hall–Kier alpha value is -2.04. The minimum Gasteiger partial charge on any atom is -0.369 e. The van der Waals surface area contributed by atoms with Crippen molar-refractivity contribution in [2.24, 2.45) is 5.73 Å². The molecule has 17 heavy (non-hydrogen) atoms. The van der Waals surface area contributed by atoms with Gasteiger partial charge in [0, 0.05) is 11.5 Å². The van der Waals surface area contributed by atoms with Crippen LogP contribution in [0.5, 0.6) is 0 Å². The molecule has 0 spiro atoms. The summed E-state index contributed by atoms with van der Waals surface area (Å²) < 4.78 is 26.6. The Labute approximate surface area is 96.3 Å². The summed E-state index contributed by atoms with van der Waals surface area (Å²) in [6.45, 7) is 1.70. The Morgan fingerprint density at radius 1 is 1.35 bits per heavy atom. The van der Waals surface area contributed by atoms with Gasteiger partial charge in [-0.25, -0.2) is 13.8 Å². The second-order valence-corrected chi connectivity index (χ2v) is 3.86. The highest BCUT2D eigenvalue weighted by Crippen LogP contribution is 2.22. The van der Waals surface area contributed by atoms with Gasteiger partial charge in [-0.1, -0.05) is 0 Å². The van der Waals surface area contributed by atoms with Gasteiger partial charge >= 0.3 is 0 Å². The van der Waals surface area contributed by atoms with Gasteiger partial charge in [0.2, 0.25) is 5.91 Å². The predicted octanol–water partition coefficient (Wildman–Crippen LogP) is 1.85. The largest absolute Gasteiger partial charge is 0.369 e. The molecule has 5 heteroatoms. The fraction of sp³-hybridized carbons (Fsp3) is 0.167. The van der Waals surface area contributed by atoms with Crippen LogP contribution in [0.15, 0.2) is 18.2 Å². The molecule has 0 aliphatic heterocycles. The second-order valence-electron chi connectivity index (χ2n) is 3.86. The molecule has 0 radical (unpaired) electrons. The van der Waals surface area contributed by atoms with Crippen molar-refractivity contribution in [3.8, 4) is 0 Å². The zero-order valence-electron chi connectivity index (χ0n) is 9.13. The lowest BCUT2D eigenvalue weighted by molar-refractivity contribution is -0.117. The quantitative estimate of drug-likeness (QED) is 0.865. The fourth-order valence-corrected chi connectivity index (χ4v) is 1.75. The van der Waals surface area contributed by atoms with E-state index in [1.54, 1.807) is 13.0 Å². The van der Waals surface area contributed by atoms with E-state index in [9.17, 15) is 13.6 Å². The normalized spacial score (nSPS) is 10.8. The zero-order valence-corrected chi connectivity index (χ0v) is 9.13. The summed E-state index contributed by atoms with van der Waals surface area (Å²) in [4.78, 5) is 14.8. The van der Waals surface area contributed by atoms with Gasteiger partial charge in [0.25, 0.3) is 0 Å². The van der Waals surface area contributed by atoms with Crippen molar-refractivity contribution in [3.05, 3.63) is 41.1 Å². The molecule has 0 bridgehead atoms. The predicted molar refractivity (Wildman–Crippen MR) is 59.3 cm³/mol. The molecular weight excluding hydrogens is 226 g/mol. The van der Waals surface area contributed by atoms with E-state index in [4.69, 9.17) is 5.73 Å². The van der Waals surface area contributed by atoms with Crippen LogP contribution >= 0.6 is 0 Å². The number of amides is 1. The van der Waals surface area contributed by atoms with E-state index in [-0.39, 0.29) is 11.9 Å². The number of aryl methyl sites for hydroxylation is 1. The van der Waals surface area contributed by atoms with Gasteiger partial charge in [-0.2, -0.15) is 0 Å². The van der Waals surface area contributed by atoms with Crippen LogP contribution in [0.4, 0.5) is 8.78 Å². The van der Waals surface area contributed by atoms with Crippen LogP contribution < -0.4 is 5.73 Å². The molecule has 88 valence electrons. The lowest BCUT2D eigenvalue weighted by Crippen LogP contribution is -2.14. The van der Waals surface area contributed by atoms with E-state index in [1.807, 2.05) is 0 Å². The summed E-state index contributed by atoms with van der Waals surface area (Å²) in [6, 6.07) is 3.59. The topological polar surface area (TPSA) is 56.0 Å². The smallest absolute Gasteiger partial charge is 0.223 e. The summed E-state index contributed by atoms with van der Waals surface area (Å²) in [5.41, 5.74) is 6.15. The highest BCUT2D eigenvalue weighted by molar-refractivity contribution is 5.84. The van der Waals surface area contributed by atoms with Crippen molar-refractivity contribution in [2.45, 2.75) is 13.3 Å². The van der Waals surface area contributed by atoms with Gasteiger partial charge in [-0.3, -0.25) is 4.79 Å². The molecule has 1 heterocycles. The minimum absolute atomic E-state index is 0.0580. The van der Waals surface area contributed by atoms with Crippen molar-refractivity contribution in [2.75, 3.05) is 0 Å². The molecule has 1 amide bonds. The summed E-state index contributed by atoms with van der Waals surface area (Å²) in [6.07, 6.45) is -0.0619. The number of nitrogens with zero attached hydrogens (tertiary/aromatic N) is 1. The number of carbonyl (C=O) groups is 1. The van der Waals surface area contributed by atoms with Crippen molar-refractivity contribution in [3.63, 3.8) is 0 Å². The molecular formula is C12H10F2N2O. The van der Waals surface area contributed by atoms with E-state index < -0.39 is 17.5 Å². The van der Waals surface area contributed by atoms with E-state index in [0.29, 0.717) is 16.6 Å². The number of pyridine rings is 1. The molecule has 0 fully saturated rings. The van der Waals surface area contributed by atoms with Crippen molar-refractivity contribution < 1.29 is 13.6 Å². The number of carbonyl (C=O) groups excluding carboxylic acids is 1. The van der Waals surface area contributed by atoms with Gasteiger partial charge in [0.05, 0.1) is 12.1 Å². The third kappa shape index (κ3) is 2.22. The number of aromatic nitrogens is 1. The zero-order chi connectivity index (χ0) is 12.6. The molecule has 3 nitrogen and oxygen atoms in total. The molecule has 0 unspecified atom stereocenters. The molecule has 0 aliphatic carbocycles. The number of hydrogen-bond acceptors (Lipinski definition) is 2. The standard InChI is InChI=1S/C12H10F2N2O/c1-6-2-8(5-11(15)17)16-12-9(6)3-7(13)4-10(12)14/h2-4H,5H2,1H3,(H2,15,17). The minimum atomic E-state index is -0.741. The number of halogens is 2. The average molecular weight is 236 g/mol. The summed E-state index contributed by atoms with van der Waals surface area (Å²) in [5.74, 6) is -1.93. The summed E-state index contributed by atoms with van der Waals surface area (Å²) in [7, 11) is 0. The number of rotatable bonds is 2. The Morgan fingerprint density at radius 3 is 2.71 bits per heavy atom. The first-order chi connectivity index (χ1) is 7.97. The van der Waals surface area contributed by atoms with Crippen molar-refractivity contribution in [1.82, 2.24) is 4.98 Å². The number of nitrogens with two attached hydrogens (primary N) is 1. The molecule has 2 N–H and O–H groups in total. The van der Waals surface area contributed by atoms with Crippen LogP contribution in [0.25, 0.3) is 10.9 Å². The van der Waals surface area contributed by atoms with Gasteiger partial charge in [-0.05, 0) is 24.6 Å². The van der Waals surface area contributed by atoms with E-state index in [0.717, 1.165) is 6.07 Å². The summed E-state index contributed by atoms with van der Waals surface area (Å²) >= 11 is 0. The first-order valence-electron chi connectivity index (χ1n) is 5.01. The monoisotopic (exact) mass is 236 g/mol. The number of benzene rings is 1. The first kappa shape index (κ1) is 11.4. The maximum Gasteiger partial charge on any atom is 0.223 e. The Morgan fingerprint density at radius 2 is 2.06 bits per heavy atom. The maximum atomic E-state index is 13.5. The Bertz CT molecular complexity index is 611. The first-order valence-corrected chi connectivity index (χ1v) is 5.01. The van der Waals surface area contributed by atoms with E-state index in [2.05, 4.69) is 4.98 Å². The lowest BCUT2D eigenvalue weighted by atomic mass is 10.1. The molecule has 0 atom stereocenters. The molecule has 1 aromatic carbocycles. The number of hydrogen-bond donors (Lipinski definition) is 1. The third-order valence-electron chi connectivity index (χ3n) is 2.45. The van der Waals surface area contributed by atoms with Crippen molar-refractivity contribution in [1.29, 1.82) is 0 Å². The number of fused-ring (bicyclic) bond motifs is 1. The Balaban J connectivity index is 2.68. The fourth-order valence-electron chi connectivity index (χ4n) is 1.75. The molecule has 0 saturated carbocycles. The molecule has 0 aliphatic rings. The van der Waals surface area contributed by atoms with Crippen LogP contribution in [0, 0.1) is 18.6 Å². The van der Waals surface area contributed by atoms with Gasteiger partial charge in [-0.15, -0.1) is 0 Å². The second kappa shape index (κ2) is 4.08. The Kier molecular flexibility index (Phi) is 2.75. The van der Waals surface area contributed by atoms with Gasteiger partial charge in [0.1, 0.15) is 11.3 Å². The third-order valence-corrected chi connectivity index (χ3v) is 2.45. The van der Waals surface area contributed by atoms with Crippen LogP contribution in [0.2, 0.25) is 0 Å².